The molecule has 5 nitrogen and oxygen atoms in total. The lowest BCUT2D eigenvalue weighted by Gasteiger charge is -2.21. The highest BCUT2D eigenvalue weighted by molar-refractivity contribution is 6.60. The standard InChI is InChI=1S/C14H14BNO4/c1-20-16(11-7-3-2-4-8-11)14(17)12-9-5-6-10-13(12)15(18)19/h2-10,18-19H,1H3. The van der Waals surface area contributed by atoms with E-state index in [1.54, 1.807) is 36.4 Å². The summed E-state index contributed by atoms with van der Waals surface area (Å²) in [5, 5.41) is 19.7. The predicted molar refractivity (Wildman–Crippen MR) is 76.5 cm³/mol. The highest BCUT2D eigenvalue weighted by atomic mass is 16.7. The lowest BCUT2D eigenvalue weighted by Crippen LogP contribution is -2.39. The molecule has 0 radical (unpaired) electrons. The van der Waals surface area contributed by atoms with Crippen molar-refractivity contribution in [3.63, 3.8) is 0 Å². The van der Waals surface area contributed by atoms with Crippen LogP contribution in [0.3, 0.4) is 0 Å². The Hall–Kier alpha value is -2.15. The summed E-state index contributed by atoms with van der Waals surface area (Å²) in [5.74, 6) is -0.470. The second-order valence-corrected chi connectivity index (χ2v) is 4.08. The smallest absolute Gasteiger partial charge is 0.423 e. The summed E-state index contributed by atoms with van der Waals surface area (Å²) >= 11 is 0. The van der Waals surface area contributed by atoms with Crippen LogP contribution in [0.4, 0.5) is 5.69 Å². The van der Waals surface area contributed by atoms with Crippen molar-refractivity contribution in [3.05, 3.63) is 60.2 Å². The van der Waals surface area contributed by atoms with Crippen molar-refractivity contribution in [2.45, 2.75) is 0 Å². The van der Waals surface area contributed by atoms with E-state index in [4.69, 9.17) is 4.84 Å². The van der Waals surface area contributed by atoms with Crippen molar-refractivity contribution in [1.82, 2.24) is 0 Å². The topological polar surface area (TPSA) is 70.0 Å². The second-order valence-electron chi connectivity index (χ2n) is 4.08. The fraction of sp³-hybridized carbons (Fsp3) is 0.0714. The normalized spacial score (nSPS) is 10.2. The SMILES string of the molecule is CON(C(=O)c1ccccc1B(O)O)c1ccccc1. The molecule has 0 bridgehead atoms. The van der Waals surface area contributed by atoms with E-state index >= 15 is 0 Å². The highest BCUT2D eigenvalue weighted by Crippen LogP contribution is 2.16. The second kappa shape index (κ2) is 6.34. The number of benzene rings is 2. The third-order valence-electron chi connectivity index (χ3n) is 2.83. The van der Waals surface area contributed by atoms with Crippen LogP contribution in [0, 0.1) is 0 Å². The molecular weight excluding hydrogens is 257 g/mol. The fourth-order valence-electron chi connectivity index (χ4n) is 1.90. The predicted octanol–water partition coefficient (Wildman–Crippen LogP) is 0.575. The minimum Gasteiger partial charge on any atom is -0.423 e. The van der Waals surface area contributed by atoms with Crippen LogP contribution in [-0.4, -0.2) is 30.2 Å². The molecule has 0 aliphatic heterocycles. The number of rotatable bonds is 4. The molecule has 6 heteroatoms. The van der Waals surface area contributed by atoms with E-state index in [1.165, 1.54) is 19.2 Å². The van der Waals surface area contributed by atoms with Gasteiger partial charge in [-0.3, -0.25) is 9.63 Å². The monoisotopic (exact) mass is 271 g/mol. The Bertz CT molecular complexity index is 589. The van der Waals surface area contributed by atoms with Crippen molar-refractivity contribution < 1.29 is 19.7 Å². The van der Waals surface area contributed by atoms with Gasteiger partial charge in [-0.25, -0.2) is 0 Å². The Balaban J connectivity index is 2.40. The summed E-state index contributed by atoms with van der Waals surface area (Å²) < 4.78 is 0. The third-order valence-corrected chi connectivity index (χ3v) is 2.83. The Morgan fingerprint density at radius 3 is 2.25 bits per heavy atom. The minimum absolute atomic E-state index is 0.135. The summed E-state index contributed by atoms with van der Waals surface area (Å²) in [6.07, 6.45) is 0. The van der Waals surface area contributed by atoms with E-state index in [9.17, 15) is 14.8 Å². The van der Waals surface area contributed by atoms with Gasteiger partial charge in [0.05, 0.1) is 12.8 Å². The molecular formula is C14H14BNO4. The Labute approximate surface area is 117 Å². The molecule has 0 aliphatic rings. The first-order valence-electron chi connectivity index (χ1n) is 6.04. The number of nitrogens with zero attached hydrogens (tertiary/aromatic N) is 1. The van der Waals surface area contributed by atoms with Crippen LogP contribution in [0.2, 0.25) is 0 Å². The summed E-state index contributed by atoms with van der Waals surface area (Å²) in [6.45, 7) is 0. The average molecular weight is 271 g/mol. The first-order chi connectivity index (χ1) is 9.65. The lowest BCUT2D eigenvalue weighted by atomic mass is 9.77. The van der Waals surface area contributed by atoms with E-state index in [2.05, 4.69) is 0 Å². The van der Waals surface area contributed by atoms with Crippen LogP contribution >= 0.6 is 0 Å². The van der Waals surface area contributed by atoms with Crippen molar-refractivity contribution in [2.75, 3.05) is 12.2 Å². The fourth-order valence-corrected chi connectivity index (χ4v) is 1.90. The maximum Gasteiger partial charge on any atom is 0.489 e. The molecule has 20 heavy (non-hydrogen) atoms. The number of carbonyl (C=O) groups is 1. The quantitative estimate of drug-likeness (QED) is 0.630. The first-order valence-corrected chi connectivity index (χ1v) is 6.04. The van der Waals surface area contributed by atoms with Gasteiger partial charge in [0, 0.05) is 5.56 Å². The van der Waals surface area contributed by atoms with Gasteiger partial charge in [0.25, 0.3) is 5.91 Å². The molecule has 0 fully saturated rings. The third kappa shape index (κ3) is 2.88. The summed E-state index contributed by atoms with van der Waals surface area (Å²) in [7, 11) is -0.340. The minimum atomic E-state index is -1.72. The number of carbonyl (C=O) groups excluding carboxylic acids is 1. The van der Waals surface area contributed by atoms with Crippen LogP contribution in [0.1, 0.15) is 10.4 Å². The van der Waals surface area contributed by atoms with Gasteiger partial charge in [0.1, 0.15) is 0 Å². The van der Waals surface area contributed by atoms with Crippen LogP contribution in [-0.2, 0) is 4.84 Å². The van der Waals surface area contributed by atoms with E-state index in [0.717, 1.165) is 5.06 Å². The molecule has 0 aliphatic carbocycles. The van der Waals surface area contributed by atoms with Crippen molar-refractivity contribution in [2.24, 2.45) is 0 Å². The van der Waals surface area contributed by atoms with Crippen LogP contribution in [0.15, 0.2) is 54.6 Å². The maximum atomic E-state index is 12.5. The average Bonchev–Trinajstić information content (AvgIpc) is 2.49. The molecule has 0 aromatic heterocycles. The van der Waals surface area contributed by atoms with E-state index in [-0.39, 0.29) is 11.0 Å². The van der Waals surface area contributed by atoms with Crippen LogP contribution < -0.4 is 10.5 Å². The molecule has 0 unspecified atom stereocenters. The zero-order valence-corrected chi connectivity index (χ0v) is 10.9. The molecule has 2 aromatic carbocycles. The number of hydrogen-bond acceptors (Lipinski definition) is 4. The maximum absolute atomic E-state index is 12.5. The first kappa shape index (κ1) is 14.3. The van der Waals surface area contributed by atoms with Gasteiger partial charge in [-0.1, -0.05) is 36.4 Å². The molecule has 0 saturated carbocycles. The van der Waals surface area contributed by atoms with E-state index in [0.29, 0.717) is 5.69 Å². The molecule has 2 rings (SSSR count). The Kier molecular flexibility index (Phi) is 4.52. The van der Waals surface area contributed by atoms with Gasteiger partial charge < -0.3 is 10.0 Å². The molecule has 2 aromatic rings. The number of anilines is 1. The van der Waals surface area contributed by atoms with Gasteiger partial charge in [-0.2, -0.15) is 5.06 Å². The molecule has 0 atom stereocenters. The van der Waals surface area contributed by atoms with Crippen molar-refractivity contribution in [1.29, 1.82) is 0 Å². The number of hydroxylamine groups is 1. The van der Waals surface area contributed by atoms with Crippen molar-refractivity contribution in [3.8, 4) is 0 Å². The molecule has 102 valence electrons. The molecule has 0 spiro atoms. The molecule has 0 saturated heterocycles. The Morgan fingerprint density at radius 1 is 1.05 bits per heavy atom. The van der Waals surface area contributed by atoms with Gasteiger partial charge in [0.15, 0.2) is 0 Å². The van der Waals surface area contributed by atoms with Gasteiger partial charge in [-0.05, 0) is 23.7 Å². The molecule has 0 heterocycles. The van der Waals surface area contributed by atoms with E-state index < -0.39 is 13.0 Å². The summed E-state index contributed by atoms with van der Waals surface area (Å²) in [4.78, 5) is 17.6. The molecule has 2 N–H and O–H groups in total. The van der Waals surface area contributed by atoms with Crippen LogP contribution in [0.5, 0.6) is 0 Å². The zero-order chi connectivity index (χ0) is 14.5. The largest absolute Gasteiger partial charge is 0.489 e. The Morgan fingerprint density at radius 2 is 1.65 bits per heavy atom. The van der Waals surface area contributed by atoms with E-state index in [1.807, 2.05) is 6.07 Å². The van der Waals surface area contributed by atoms with Crippen LogP contribution in [0.25, 0.3) is 0 Å². The van der Waals surface area contributed by atoms with Gasteiger partial charge >= 0.3 is 7.12 Å². The zero-order valence-electron chi connectivity index (χ0n) is 10.9. The number of amides is 1. The number of para-hydroxylation sites is 1. The summed E-state index contributed by atoms with van der Waals surface area (Å²) in [6, 6.07) is 15.1. The molecule has 1 amide bonds. The van der Waals surface area contributed by atoms with Crippen molar-refractivity contribution >= 4 is 24.2 Å². The highest BCUT2D eigenvalue weighted by Gasteiger charge is 2.24. The van der Waals surface area contributed by atoms with Gasteiger partial charge in [0.2, 0.25) is 0 Å². The lowest BCUT2D eigenvalue weighted by molar-refractivity contribution is 0.0774. The summed E-state index contributed by atoms with van der Waals surface area (Å²) in [5.41, 5.74) is 0.867. The number of hydrogen-bond donors (Lipinski definition) is 2. The van der Waals surface area contributed by atoms with Gasteiger partial charge in [-0.15, -0.1) is 0 Å².